The summed E-state index contributed by atoms with van der Waals surface area (Å²) in [6.45, 7) is 5.15. The zero-order valence-electron chi connectivity index (χ0n) is 21.8. The summed E-state index contributed by atoms with van der Waals surface area (Å²) in [5, 5.41) is 9.27. The van der Waals surface area contributed by atoms with E-state index in [1.807, 2.05) is 24.0 Å². The molecular formula is C30H35FN2O5. The van der Waals surface area contributed by atoms with Gasteiger partial charge < -0.3 is 19.5 Å². The van der Waals surface area contributed by atoms with Crippen molar-refractivity contribution in [3.8, 4) is 5.75 Å². The van der Waals surface area contributed by atoms with Gasteiger partial charge in [-0.2, -0.15) is 0 Å². The third-order valence-corrected chi connectivity index (χ3v) is 8.96. The fourth-order valence-corrected chi connectivity index (χ4v) is 6.61. The molecule has 0 radical (unpaired) electrons. The average Bonchev–Trinajstić information content (AvgIpc) is 3.79. The molecule has 3 heterocycles. The number of aromatic carboxylic acids is 1. The van der Waals surface area contributed by atoms with Gasteiger partial charge >= 0.3 is 5.97 Å². The maximum Gasteiger partial charge on any atom is 0.338 e. The third-order valence-electron chi connectivity index (χ3n) is 8.96. The highest BCUT2D eigenvalue weighted by Gasteiger charge is 2.56. The zero-order chi connectivity index (χ0) is 26.4. The van der Waals surface area contributed by atoms with Crippen molar-refractivity contribution in [3.63, 3.8) is 0 Å². The smallest absolute Gasteiger partial charge is 0.338 e. The van der Waals surface area contributed by atoms with Gasteiger partial charge in [0.05, 0.1) is 18.7 Å². The molecule has 2 atom stereocenters. The number of nitrogens with zero attached hydrogens (tertiary/aromatic N) is 2. The van der Waals surface area contributed by atoms with E-state index in [1.165, 1.54) is 12.1 Å². The lowest BCUT2D eigenvalue weighted by molar-refractivity contribution is -0.180. The molecule has 2 aromatic rings. The summed E-state index contributed by atoms with van der Waals surface area (Å²) in [7, 11) is 0. The number of rotatable bonds is 5. The van der Waals surface area contributed by atoms with Crippen LogP contribution in [0.4, 0.5) is 4.39 Å². The highest BCUT2D eigenvalue weighted by atomic mass is 19.1. The van der Waals surface area contributed by atoms with E-state index >= 15 is 0 Å². The van der Waals surface area contributed by atoms with E-state index in [4.69, 9.17) is 9.47 Å². The molecule has 2 aromatic carbocycles. The average molecular weight is 523 g/mol. The number of ether oxygens (including phenoxy) is 2. The van der Waals surface area contributed by atoms with Crippen LogP contribution in [0.15, 0.2) is 36.4 Å². The Bertz CT molecular complexity index is 1230. The van der Waals surface area contributed by atoms with Crippen molar-refractivity contribution < 1.29 is 28.6 Å². The quantitative estimate of drug-likeness (QED) is 0.612. The molecule has 202 valence electrons. The molecule has 2 saturated heterocycles. The number of halogens is 1. The Morgan fingerprint density at radius 3 is 2.53 bits per heavy atom. The van der Waals surface area contributed by atoms with Crippen LogP contribution in [0.25, 0.3) is 0 Å². The number of carboxylic acid groups (broad SMARTS) is 1. The lowest BCUT2D eigenvalue weighted by Gasteiger charge is -2.46. The Labute approximate surface area is 222 Å². The van der Waals surface area contributed by atoms with Gasteiger partial charge in [0.25, 0.3) is 5.91 Å². The van der Waals surface area contributed by atoms with Crippen LogP contribution in [0.3, 0.4) is 0 Å². The fourth-order valence-electron chi connectivity index (χ4n) is 6.61. The van der Waals surface area contributed by atoms with Gasteiger partial charge in [0.15, 0.2) is 6.73 Å². The van der Waals surface area contributed by atoms with Gasteiger partial charge in [-0.05, 0) is 94.1 Å². The number of benzene rings is 2. The first kappa shape index (κ1) is 25.3. The van der Waals surface area contributed by atoms with Gasteiger partial charge in [-0.15, -0.1) is 0 Å². The van der Waals surface area contributed by atoms with E-state index in [0.29, 0.717) is 13.2 Å². The van der Waals surface area contributed by atoms with Crippen molar-refractivity contribution in [1.82, 2.24) is 9.80 Å². The number of fused-ring (bicyclic) bond motifs is 1. The molecule has 1 N–H and O–H groups in total. The van der Waals surface area contributed by atoms with E-state index in [1.54, 1.807) is 6.07 Å². The first-order chi connectivity index (χ1) is 18.3. The van der Waals surface area contributed by atoms with Crippen LogP contribution in [-0.2, 0) is 16.1 Å². The summed E-state index contributed by atoms with van der Waals surface area (Å²) < 4.78 is 26.3. The maximum absolute atomic E-state index is 13.9. The van der Waals surface area contributed by atoms with Crippen molar-refractivity contribution >= 4 is 11.9 Å². The van der Waals surface area contributed by atoms with Gasteiger partial charge in [0, 0.05) is 11.6 Å². The van der Waals surface area contributed by atoms with Crippen molar-refractivity contribution in [2.45, 2.75) is 69.6 Å². The van der Waals surface area contributed by atoms with E-state index in [2.05, 4.69) is 11.0 Å². The Kier molecular flexibility index (Phi) is 6.64. The molecule has 6 rings (SSSR count). The van der Waals surface area contributed by atoms with Crippen molar-refractivity contribution in [1.29, 1.82) is 0 Å². The summed E-state index contributed by atoms with van der Waals surface area (Å²) in [4.78, 5) is 29.5. The minimum absolute atomic E-state index is 0.0647. The molecule has 0 bridgehead atoms. The van der Waals surface area contributed by atoms with Crippen LogP contribution < -0.4 is 4.74 Å². The number of piperidine rings is 1. The largest absolute Gasteiger partial charge is 0.478 e. The summed E-state index contributed by atoms with van der Waals surface area (Å²) >= 11 is 0. The topological polar surface area (TPSA) is 79.3 Å². The fraction of sp³-hybridized carbons (Fsp3) is 0.533. The second-order valence-electron chi connectivity index (χ2n) is 11.4. The van der Waals surface area contributed by atoms with Gasteiger partial charge in [-0.1, -0.05) is 23.8 Å². The number of hydrogen-bond acceptors (Lipinski definition) is 5. The normalized spacial score (nSPS) is 26.5. The number of likely N-dealkylation sites (tertiary alicyclic amines) is 1. The van der Waals surface area contributed by atoms with Crippen molar-refractivity contribution in [2.24, 2.45) is 5.92 Å². The molecule has 0 unspecified atom stereocenters. The van der Waals surface area contributed by atoms with Gasteiger partial charge in [0.2, 0.25) is 0 Å². The molecule has 7 nitrogen and oxygen atoms in total. The van der Waals surface area contributed by atoms with E-state index in [-0.39, 0.29) is 36.1 Å². The van der Waals surface area contributed by atoms with E-state index in [9.17, 15) is 19.1 Å². The van der Waals surface area contributed by atoms with Crippen LogP contribution >= 0.6 is 0 Å². The van der Waals surface area contributed by atoms with E-state index < -0.39 is 17.4 Å². The second-order valence-corrected chi connectivity index (χ2v) is 11.4. The number of carboxylic acids is 1. The molecule has 1 saturated carbocycles. The Hall–Kier alpha value is -2.97. The number of carbonyl (C=O) groups is 2. The first-order valence-electron chi connectivity index (χ1n) is 13.8. The van der Waals surface area contributed by atoms with E-state index in [0.717, 1.165) is 74.1 Å². The SMILES string of the molecule is Cc1ccc2c(c1)CN(C(=O)[C@@]1(C3CC3)CC[C@@H](N3CCC(c4ccc(F)c(C(=O)O)c4)CC3)CO1)CO2. The molecule has 1 amide bonds. The predicted octanol–water partition coefficient (Wildman–Crippen LogP) is 4.72. The minimum atomic E-state index is -1.23. The third kappa shape index (κ3) is 4.69. The second kappa shape index (κ2) is 9.97. The highest BCUT2D eigenvalue weighted by molar-refractivity contribution is 5.88. The minimum Gasteiger partial charge on any atom is -0.478 e. The van der Waals surface area contributed by atoms with Crippen LogP contribution in [0.5, 0.6) is 5.75 Å². The Morgan fingerprint density at radius 1 is 1.05 bits per heavy atom. The molecule has 1 aliphatic carbocycles. The number of hydrogen-bond donors (Lipinski definition) is 1. The maximum atomic E-state index is 13.9. The van der Waals surface area contributed by atoms with Gasteiger partial charge in [-0.3, -0.25) is 9.69 Å². The number of aryl methyl sites for hydroxylation is 1. The summed E-state index contributed by atoms with van der Waals surface area (Å²) in [5.41, 5.74) is 2.08. The Balaban J connectivity index is 1.08. The molecule has 0 spiro atoms. The molecule has 38 heavy (non-hydrogen) atoms. The standard InChI is InChI=1S/C30H35FN2O5/c1-19-2-7-27-22(14-19)16-33(18-37-27)29(36)30(23-4-5-23)11-8-24(17-38-30)32-12-9-20(10-13-32)21-3-6-26(31)25(15-21)28(34)35/h2-3,6-7,14-15,20,23-24H,4-5,8-13,16-18H2,1H3,(H,34,35)/t24-,30+/m1/s1. The molecular weight excluding hydrogens is 487 g/mol. The Morgan fingerprint density at radius 2 is 1.84 bits per heavy atom. The number of carbonyl (C=O) groups excluding carboxylic acids is 1. The van der Waals surface area contributed by atoms with Gasteiger partial charge in [-0.25, -0.2) is 9.18 Å². The summed E-state index contributed by atoms with van der Waals surface area (Å²) in [5.74, 6) is -0.509. The monoisotopic (exact) mass is 522 g/mol. The summed E-state index contributed by atoms with van der Waals surface area (Å²) in [6, 6.07) is 10.8. The molecule has 3 fully saturated rings. The van der Waals surface area contributed by atoms with Crippen LogP contribution in [0.2, 0.25) is 0 Å². The molecule has 3 aliphatic heterocycles. The lowest BCUT2D eigenvalue weighted by atomic mass is 9.84. The number of amides is 1. The molecule has 0 aromatic heterocycles. The van der Waals surface area contributed by atoms with Crippen LogP contribution in [0, 0.1) is 18.7 Å². The first-order valence-corrected chi connectivity index (χ1v) is 13.8. The summed E-state index contributed by atoms with van der Waals surface area (Å²) in [6.07, 6.45) is 5.47. The molecule has 4 aliphatic rings. The van der Waals surface area contributed by atoms with Crippen molar-refractivity contribution in [2.75, 3.05) is 26.4 Å². The zero-order valence-corrected chi connectivity index (χ0v) is 21.8. The molecule has 8 heteroatoms. The van der Waals surface area contributed by atoms with Crippen LogP contribution in [0.1, 0.15) is 71.5 Å². The lowest BCUT2D eigenvalue weighted by Crippen LogP contribution is -2.59. The van der Waals surface area contributed by atoms with Crippen molar-refractivity contribution in [3.05, 3.63) is 64.5 Å². The van der Waals surface area contributed by atoms with Crippen LogP contribution in [-0.4, -0.2) is 64.9 Å². The highest BCUT2D eigenvalue weighted by Crippen LogP contribution is 2.48. The van der Waals surface area contributed by atoms with Gasteiger partial charge in [0.1, 0.15) is 17.2 Å². The predicted molar refractivity (Wildman–Crippen MR) is 139 cm³/mol.